The van der Waals surface area contributed by atoms with Crippen molar-refractivity contribution in [1.29, 1.82) is 0 Å². The van der Waals surface area contributed by atoms with Crippen LogP contribution in [0.25, 0.3) is 12.2 Å². The summed E-state index contributed by atoms with van der Waals surface area (Å²) in [4.78, 5) is 36.7. The van der Waals surface area contributed by atoms with Gasteiger partial charge in [-0.25, -0.2) is 9.36 Å². The number of nitrogens with zero attached hydrogens (tertiary/aromatic N) is 2. The Hall–Kier alpha value is -3.56. The molecule has 0 bridgehead atoms. The molecule has 3 unspecified atom stereocenters. The van der Waals surface area contributed by atoms with E-state index in [1.165, 1.54) is 0 Å². The lowest BCUT2D eigenvalue weighted by molar-refractivity contribution is -0.697. The van der Waals surface area contributed by atoms with Crippen molar-refractivity contribution in [3.8, 4) is 0 Å². The van der Waals surface area contributed by atoms with E-state index in [4.69, 9.17) is 4.74 Å². The van der Waals surface area contributed by atoms with Crippen molar-refractivity contribution in [2.45, 2.75) is 37.7 Å². The predicted molar refractivity (Wildman–Crippen MR) is 123 cm³/mol. The maximum absolute atomic E-state index is 11.9. The fourth-order valence-corrected chi connectivity index (χ4v) is 3.34. The van der Waals surface area contributed by atoms with Crippen molar-refractivity contribution < 1.29 is 38.6 Å². The summed E-state index contributed by atoms with van der Waals surface area (Å²) in [6.45, 7) is 0.0971. The van der Waals surface area contributed by atoms with Gasteiger partial charge in [0.25, 0.3) is 0 Å². The first kappa shape index (κ1) is 25.1. The molecule has 0 radical (unpaired) electrons. The van der Waals surface area contributed by atoms with Crippen LogP contribution in [0.1, 0.15) is 24.0 Å². The highest BCUT2D eigenvalue weighted by Crippen LogP contribution is 2.16. The summed E-state index contributed by atoms with van der Waals surface area (Å²) in [6, 6.07) is 12.2. The molecule has 1 saturated heterocycles. The average Bonchev–Trinajstić information content (AvgIpc) is 3.09. The molecule has 2 heterocycles. The van der Waals surface area contributed by atoms with E-state index in [0.717, 1.165) is 16.8 Å². The molecule has 0 aliphatic carbocycles. The monoisotopic (exact) mass is 469 g/mol. The van der Waals surface area contributed by atoms with Crippen LogP contribution >= 0.6 is 0 Å². The van der Waals surface area contributed by atoms with Crippen LogP contribution in [0.5, 0.6) is 0 Å². The van der Waals surface area contributed by atoms with E-state index in [2.05, 4.69) is 33.9 Å². The molecule has 1 aromatic heterocycles. The number of aliphatic hydroxyl groups is 2. The number of esters is 2. The van der Waals surface area contributed by atoms with Crippen molar-refractivity contribution in [3.05, 3.63) is 59.9 Å². The molecule has 0 amide bonds. The summed E-state index contributed by atoms with van der Waals surface area (Å²) in [6.07, 6.45) is 3.63. The summed E-state index contributed by atoms with van der Waals surface area (Å²) in [7, 11) is 4.01. The first-order chi connectivity index (χ1) is 16.2. The van der Waals surface area contributed by atoms with Gasteiger partial charge in [-0.2, -0.15) is 0 Å². The van der Waals surface area contributed by atoms with Crippen LogP contribution in [-0.2, 0) is 30.4 Å². The fourth-order valence-electron chi connectivity index (χ4n) is 3.34. The van der Waals surface area contributed by atoms with Crippen molar-refractivity contribution in [2.75, 3.05) is 25.6 Å². The van der Waals surface area contributed by atoms with Crippen LogP contribution in [-0.4, -0.2) is 66.9 Å². The minimum Gasteiger partial charge on any atom is -0.463 e. The number of cyclic esters (lactones) is 1. The number of ketones is 1. The molecule has 2 aromatic rings. The van der Waals surface area contributed by atoms with E-state index in [1.807, 2.05) is 55.3 Å². The van der Waals surface area contributed by atoms with Gasteiger partial charge in [-0.3, -0.25) is 9.59 Å². The lowest BCUT2D eigenvalue weighted by atomic mass is 10.1. The first-order valence-electron chi connectivity index (χ1n) is 10.9. The number of hydrogen-bond donors (Lipinski definition) is 2. The minimum atomic E-state index is -1.90. The van der Waals surface area contributed by atoms with Gasteiger partial charge in [-0.15, -0.1) is 0 Å². The maximum Gasteiger partial charge on any atom is 0.343 e. The van der Waals surface area contributed by atoms with E-state index in [-0.39, 0.29) is 6.42 Å². The van der Waals surface area contributed by atoms with Gasteiger partial charge in [0.15, 0.2) is 18.5 Å². The van der Waals surface area contributed by atoms with E-state index in [9.17, 15) is 24.6 Å². The second-order valence-corrected chi connectivity index (χ2v) is 8.20. The Balaban J connectivity index is 1.38. The number of aromatic nitrogens is 1. The maximum atomic E-state index is 11.9. The van der Waals surface area contributed by atoms with Gasteiger partial charge >= 0.3 is 11.9 Å². The molecule has 1 aromatic carbocycles. The number of pyridine rings is 1. The predicted octanol–water partition coefficient (Wildman–Crippen LogP) is 0.750. The molecule has 3 rings (SSSR count). The van der Waals surface area contributed by atoms with Gasteiger partial charge in [0, 0.05) is 38.3 Å². The van der Waals surface area contributed by atoms with Gasteiger partial charge in [0.05, 0.1) is 6.42 Å². The molecule has 0 spiro atoms. The molecule has 1 aliphatic rings. The Kier molecular flexibility index (Phi) is 8.50. The van der Waals surface area contributed by atoms with E-state index in [0.29, 0.717) is 13.0 Å². The van der Waals surface area contributed by atoms with Crippen molar-refractivity contribution >= 4 is 35.6 Å². The van der Waals surface area contributed by atoms with Crippen LogP contribution in [0.4, 0.5) is 5.69 Å². The second-order valence-electron chi connectivity index (χ2n) is 8.20. The molecule has 9 heteroatoms. The third-order valence-electron chi connectivity index (χ3n) is 5.37. The number of rotatable bonds is 10. The Morgan fingerprint density at radius 1 is 1.12 bits per heavy atom. The number of Topliss-reactive ketones (excluding diaryl/α,β-unsaturated/α-hetero) is 1. The molecule has 9 nitrogen and oxygen atoms in total. The molecule has 1 aliphatic heterocycles. The zero-order valence-corrected chi connectivity index (χ0v) is 19.2. The van der Waals surface area contributed by atoms with Crippen molar-refractivity contribution in [3.63, 3.8) is 0 Å². The molecular weight excluding hydrogens is 440 g/mol. The smallest absolute Gasteiger partial charge is 0.343 e. The SMILES string of the molecule is CN(C)c1ccc(C=Cc2cc[n+](CCCC(=O)OCC(O)C3OC(=O)C(O)C3=O)cc2)cc1. The Bertz CT molecular complexity index is 1030. The summed E-state index contributed by atoms with van der Waals surface area (Å²) in [5.74, 6) is -2.60. The third-order valence-corrected chi connectivity index (χ3v) is 5.37. The van der Waals surface area contributed by atoms with Crippen LogP contribution < -0.4 is 9.47 Å². The number of aryl methyl sites for hydroxylation is 1. The van der Waals surface area contributed by atoms with Gasteiger partial charge < -0.3 is 24.6 Å². The van der Waals surface area contributed by atoms with Crippen molar-refractivity contribution in [1.82, 2.24) is 0 Å². The Morgan fingerprint density at radius 3 is 2.29 bits per heavy atom. The molecular formula is C25H29N2O7+. The normalized spacial score (nSPS) is 18.7. The summed E-state index contributed by atoms with van der Waals surface area (Å²) < 4.78 is 11.5. The summed E-state index contributed by atoms with van der Waals surface area (Å²) in [5, 5.41) is 19.1. The van der Waals surface area contributed by atoms with Crippen LogP contribution in [0.2, 0.25) is 0 Å². The zero-order chi connectivity index (χ0) is 24.7. The van der Waals surface area contributed by atoms with Crippen LogP contribution in [0.3, 0.4) is 0 Å². The lowest BCUT2D eigenvalue weighted by Crippen LogP contribution is -2.38. The quantitative estimate of drug-likeness (QED) is 0.297. The lowest BCUT2D eigenvalue weighted by Gasteiger charge is -2.15. The average molecular weight is 470 g/mol. The van der Waals surface area contributed by atoms with Gasteiger partial charge in [0.2, 0.25) is 11.9 Å². The molecule has 0 saturated carbocycles. The first-order valence-corrected chi connectivity index (χ1v) is 10.9. The molecule has 34 heavy (non-hydrogen) atoms. The highest BCUT2D eigenvalue weighted by Gasteiger charge is 2.46. The van der Waals surface area contributed by atoms with Crippen LogP contribution in [0, 0.1) is 0 Å². The third kappa shape index (κ3) is 6.72. The number of benzene rings is 1. The molecule has 3 atom stereocenters. The van der Waals surface area contributed by atoms with Gasteiger partial charge in [-0.05, 0) is 23.3 Å². The zero-order valence-electron chi connectivity index (χ0n) is 19.2. The highest BCUT2D eigenvalue weighted by atomic mass is 16.6. The topological polar surface area (TPSA) is 117 Å². The number of carbonyl (C=O) groups excluding carboxylic acids is 3. The largest absolute Gasteiger partial charge is 0.463 e. The number of hydrogen-bond acceptors (Lipinski definition) is 8. The number of anilines is 1. The highest BCUT2D eigenvalue weighted by molar-refractivity contribution is 6.09. The summed E-state index contributed by atoms with van der Waals surface area (Å²) >= 11 is 0. The minimum absolute atomic E-state index is 0.116. The van der Waals surface area contributed by atoms with E-state index in [1.54, 1.807) is 0 Å². The van der Waals surface area contributed by atoms with Crippen LogP contribution in [0.15, 0.2) is 48.8 Å². The van der Waals surface area contributed by atoms with Gasteiger partial charge in [-0.1, -0.05) is 24.3 Å². The van der Waals surface area contributed by atoms with Crippen molar-refractivity contribution in [2.24, 2.45) is 0 Å². The standard InChI is InChI=1S/C25H29N2O7/c1-26(2)19-9-7-17(8-10-19)5-6-18-11-14-27(15-12-18)13-3-4-21(29)33-16-20(28)24-22(30)23(31)25(32)34-24/h5-12,14-15,20,23-24,28,31H,3-4,13,16H2,1-2H3/q+1. The number of ether oxygens (including phenoxy) is 2. The summed E-state index contributed by atoms with van der Waals surface area (Å²) in [5.41, 5.74) is 3.30. The second kappa shape index (κ2) is 11.5. The Morgan fingerprint density at radius 2 is 1.74 bits per heavy atom. The number of aliphatic hydroxyl groups excluding tert-OH is 2. The molecule has 1 fully saturated rings. The van der Waals surface area contributed by atoms with E-state index >= 15 is 0 Å². The fraction of sp³-hybridized carbons (Fsp3) is 0.360. The number of carbonyl (C=O) groups is 3. The Labute approximate surface area is 197 Å². The van der Waals surface area contributed by atoms with E-state index < -0.39 is 42.6 Å². The molecule has 180 valence electrons. The molecule has 2 N–H and O–H groups in total. The van der Waals surface area contributed by atoms with Gasteiger partial charge in [0.1, 0.15) is 19.3 Å².